The Morgan fingerprint density at radius 3 is 2.48 bits per heavy atom. The summed E-state index contributed by atoms with van der Waals surface area (Å²) in [5.74, 6) is -1.79. The number of hydrogen-bond donors (Lipinski definition) is 1. The summed E-state index contributed by atoms with van der Waals surface area (Å²) in [4.78, 5) is 36.4. The maximum atomic E-state index is 12.4. The van der Waals surface area contributed by atoms with Gasteiger partial charge in [0.05, 0.1) is 19.8 Å². The molecule has 0 bridgehead atoms. The molecule has 2 heterocycles. The van der Waals surface area contributed by atoms with Gasteiger partial charge in [-0.25, -0.2) is 14.3 Å². The van der Waals surface area contributed by atoms with Crippen molar-refractivity contribution in [2.45, 2.75) is 13.7 Å². The molecule has 1 amide bonds. The Morgan fingerprint density at radius 1 is 1.20 bits per heavy atom. The third-order valence-electron chi connectivity index (χ3n) is 3.27. The largest absolute Gasteiger partial charge is 0.465 e. The smallest absolute Gasteiger partial charge is 0.348 e. The van der Waals surface area contributed by atoms with E-state index in [1.807, 2.05) is 0 Å². The van der Waals surface area contributed by atoms with Gasteiger partial charge < -0.3 is 19.5 Å². The Balaban J connectivity index is 2.35. The number of ether oxygens (including phenoxy) is 3. The number of esters is 2. The van der Waals surface area contributed by atoms with Gasteiger partial charge in [0.1, 0.15) is 16.6 Å². The van der Waals surface area contributed by atoms with Gasteiger partial charge in [0.2, 0.25) is 0 Å². The lowest BCUT2D eigenvalue weighted by atomic mass is 10.1. The van der Waals surface area contributed by atoms with Gasteiger partial charge in [-0.2, -0.15) is 5.10 Å². The molecule has 0 aliphatic rings. The second-order valence-corrected chi connectivity index (χ2v) is 5.88. The van der Waals surface area contributed by atoms with Crippen molar-refractivity contribution in [2.75, 3.05) is 26.6 Å². The molecule has 0 aliphatic carbocycles. The van der Waals surface area contributed by atoms with Gasteiger partial charge >= 0.3 is 11.9 Å². The minimum Gasteiger partial charge on any atom is -0.465 e. The van der Waals surface area contributed by atoms with Gasteiger partial charge in [0, 0.05) is 13.3 Å². The highest BCUT2D eigenvalue weighted by atomic mass is 32.1. The summed E-state index contributed by atoms with van der Waals surface area (Å²) in [6, 6.07) is 1.51. The fourth-order valence-corrected chi connectivity index (χ4v) is 3.20. The normalized spacial score (nSPS) is 10.4. The van der Waals surface area contributed by atoms with E-state index in [-0.39, 0.29) is 27.9 Å². The Bertz CT molecular complexity index is 810. The molecule has 0 spiro atoms. The molecule has 0 fully saturated rings. The Morgan fingerprint density at radius 2 is 1.88 bits per heavy atom. The summed E-state index contributed by atoms with van der Waals surface area (Å²) < 4.78 is 15.8. The monoisotopic (exact) mass is 367 g/mol. The molecule has 0 unspecified atom stereocenters. The van der Waals surface area contributed by atoms with Crippen molar-refractivity contribution in [1.82, 2.24) is 9.78 Å². The highest BCUT2D eigenvalue weighted by Crippen LogP contribution is 2.34. The SMILES string of the molecule is COCn1ccc(C(=O)Nc2sc(C(=O)OC)c(C)c2C(=O)OC)n1. The number of carbonyl (C=O) groups excluding carboxylic acids is 3. The number of thiophene rings is 1. The molecule has 2 rings (SSSR count). The quantitative estimate of drug-likeness (QED) is 0.774. The molecular weight excluding hydrogens is 350 g/mol. The number of amides is 1. The number of nitrogens with zero attached hydrogens (tertiary/aromatic N) is 2. The predicted molar refractivity (Wildman–Crippen MR) is 88.9 cm³/mol. The van der Waals surface area contributed by atoms with Crippen molar-refractivity contribution in [2.24, 2.45) is 0 Å². The summed E-state index contributed by atoms with van der Waals surface area (Å²) in [6.45, 7) is 1.78. The molecule has 0 aromatic carbocycles. The van der Waals surface area contributed by atoms with Crippen molar-refractivity contribution in [1.29, 1.82) is 0 Å². The standard InChI is InChI=1S/C15H17N3O6S/c1-8-10(14(20)23-3)13(25-11(8)15(21)24-4)16-12(19)9-5-6-18(17-9)7-22-2/h5-6H,7H2,1-4H3,(H,16,19). The predicted octanol–water partition coefficient (Wildman–Crippen LogP) is 1.68. The average Bonchev–Trinajstić information content (AvgIpc) is 3.19. The van der Waals surface area contributed by atoms with E-state index < -0.39 is 17.8 Å². The first-order valence-corrected chi connectivity index (χ1v) is 7.88. The van der Waals surface area contributed by atoms with Crippen molar-refractivity contribution < 1.29 is 28.6 Å². The first-order chi connectivity index (χ1) is 11.9. The van der Waals surface area contributed by atoms with Crippen LogP contribution in [-0.4, -0.2) is 49.0 Å². The number of hydrogen-bond acceptors (Lipinski definition) is 8. The first kappa shape index (κ1) is 18.6. The summed E-state index contributed by atoms with van der Waals surface area (Å²) in [5, 5.41) is 6.83. The van der Waals surface area contributed by atoms with E-state index in [9.17, 15) is 14.4 Å². The summed E-state index contributed by atoms with van der Waals surface area (Å²) in [5.41, 5.74) is 0.625. The average molecular weight is 367 g/mol. The zero-order chi connectivity index (χ0) is 18.6. The fraction of sp³-hybridized carbons (Fsp3) is 0.333. The van der Waals surface area contributed by atoms with Crippen LogP contribution in [0.25, 0.3) is 0 Å². The van der Waals surface area contributed by atoms with Crippen LogP contribution in [-0.2, 0) is 20.9 Å². The molecule has 9 nitrogen and oxygen atoms in total. The van der Waals surface area contributed by atoms with Crippen LogP contribution in [0.4, 0.5) is 5.00 Å². The van der Waals surface area contributed by atoms with Crippen molar-refractivity contribution in [3.8, 4) is 0 Å². The van der Waals surface area contributed by atoms with E-state index in [0.717, 1.165) is 11.3 Å². The van der Waals surface area contributed by atoms with Crippen LogP contribution in [0.15, 0.2) is 12.3 Å². The number of aromatic nitrogens is 2. The zero-order valence-electron chi connectivity index (χ0n) is 14.1. The number of carbonyl (C=O) groups is 3. The van der Waals surface area contributed by atoms with E-state index >= 15 is 0 Å². The molecule has 1 N–H and O–H groups in total. The van der Waals surface area contributed by atoms with E-state index in [0.29, 0.717) is 5.56 Å². The van der Waals surface area contributed by atoms with Gasteiger partial charge in [-0.3, -0.25) is 4.79 Å². The molecule has 2 aromatic rings. The molecule has 0 saturated carbocycles. The van der Waals surface area contributed by atoms with E-state index in [1.54, 1.807) is 13.1 Å². The molecule has 134 valence electrons. The molecule has 0 atom stereocenters. The highest BCUT2D eigenvalue weighted by Gasteiger charge is 2.27. The number of methoxy groups -OCH3 is 3. The van der Waals surface area contributed by atoms with Gasteiger partial charge in [0.25, 0.3) is 5.91 Å². The van der Waals surface area contributed by atoms with Crippen molar-refractivity contribution in [3.63, 3.8) is 0 Å². The minimum absolute atomic E-state index is 0.109. The molecule has 25 heavy (non-hydrogen) atoms. The van der Waals surface area contributed by atoms with Crippen LogP contribution in [0.5, 0.6) is 0 Å². The summed E-state index contributed by atoms with van der Waals surface area (Å²) in [7, 11) is 3.96. The van der Waals surface area contributed by atoms with Gasteiger partial charge in [-0.05, 0) is 18.6 Å². The Labute approximate surface area is 147 Å². The molecule has 0 saturated heterocycles. The van der Waals surface area contributed by atoms with Gasteiger partial charge in [-0.15, -0.1) is 11.3 Å². The van der Waals surface area contributed by atoms with Crippen molar-refractivity contribution >= 4 is 34.2 Å². The van der Waals surface area contributed by atoms with Crippen molar-refractivity contribution in [3.05, 3.63) is 34.0 Å². The summed E-state index contributed by atoms with van der Waals surface area (Å²) in [6.07, 6.45) is 1.58. The van der Waals surface area contributed by atoms with Crippen LogP contribution in [0.3, 0.4) is 0 Å². The lowest BCUT2D eigenvalue weighted by Crippen LogP contribution is -2.15. The number of nitrogens with one attached hydrogen (secondary N) is 1. The fourth-order valence-electron chi connectivity index (χ4n) is 2.09. The van der Waals surface area contributed by atoms with E-state index in [1.165, 1.54) is 32.1 Å². The molecular formula is C15H17N3O6S. The zero-order valence-corrected chi connectivity index (χ0v) is 14.9. The number of anilines is 1. The van der Waals surface area contributed by atoms with E-state index in [2.05, 4.69) is 10.4 Å². The Hall–Kier alpha value is -2.72. The first-order valence-electron chi connectivity index (χ1n) is 7.06. The summed E-state index contributed by atoms with van der Waals surface area (Å²) >= 11 is 0.936. The molecule has 0 aliphatic heterocycles. The number of rotatable bonds is 6. The van der Waals surface area contributed by atoms with Gasteiger partial charge in [-0.1, -0.05) is 0 Å². The second-order valence-electron chi connectivity index (χ2n) is 4.86. The van der Waals surface area contributed by atoms with Crippen LogP contribution in [0.2, 0.25) is 0 Å². The van der Waals surface area contributed by atoms with Gasteiger partial charge in [0.15, 0.2) is 5.69 Å². The third kappa shape index (κ3) is 3.86. The maximum Gasteiger partial charge on any atom is 0.348 e. The van der Waals surface area contributed by atoms with Crippen LogP contribution in [0, 0.1) is 6.92 Å². The Kier molecular flexibility index (Phi) is 5.88. The molecule has 10 heteroatoms. The molecule has 0 radical (unpaired) electrons. The molecule has 2 aromatic heterocycles. The van der Waals surface area contributed by atoms with Crippen LogP contribution in [0.1, 0.15) is 36.1 Å². The maximum absolute atomic E-state index is 12.4. The highest BCUT2D eigenvalue weighted by molar-refractivity contribution is 7.18. The lowest BCUT2D eigenvalue weighted by molar-refractivity contribution is 0.0601. The van der Waals surface area contributed by atoms with Crippen LogP contribution >= 0.6 is 11.3 Å². The van der Waals surface area contributed by atoms with E-state index in [4.69, 9.17) is 14.2 Å². The van der Waals surface area contributed by atoms with Crippen LogP contribution < -0.4 is 5.32 Å². The second kappa shape index (κ2) is 7.90. The third-order valence-corrected chi connectivity index (χ3v) is 4.46. The topological polar surface area (TPSA) is 109 Å². The lowest BCUT2D eigenvalue weighted by Gasteiger charge is -2.04. The minimum atomic E-state index is -0.663.